The number of hydrogen-bond acceptors (Lipinski definition) is 4. The number of esters is 1. The van der Waals surface area contributed by atoms with E-state index in [1.165, 1.54) is 0 Å². The molecule has 1 aliphatic rings. The third-order valence-electron chi connectivity index (χ3n) is 2.28. The summed E-state index contributed by atoms with van der Waals surface area (Å²) in [5, 5.41) is 0. The Balaban J connectivity index is 2.17. The molecule has 1 saturated carbocycles. The van der Waals surface area contributed by atoms with Crippen LogP contribution in [0.4, 0.5) is 0 Å². The maximum Gasteiger partial charge on any atom is 0.332 e. The summed E-state index contributed by atoms with van der Waals surface area (Å²) in [6.45, 7) is 5.57. The maximum atomic E-state index is 11.3. The minimum Gasteiger partial charge on any atom is -0.458 e. The van der Waals surface area contributed by atoms with Crippen LogP contribution in [0, 0.1) is 0 Å². The lowest BCUT2D eigenvalue weighted by Crippen LogP contribution is -2.28. The normalized spacial score (nSPS) is 26.7. The molecule has 2 unspecified atom stereocenters. The van der Waals surface area contributed by atoms with Crippen LogP contribution in [0.3, 0.4) is 0 Å². The van der Waals surface area contributed by atoms with Gasteiger partial charge in [0, 0.05) is 6.04 Å². The molecule has 88 valence electrons. The zero-order chi connectivity index (χ0) is 11.5. The number of hydrogen-bond donors (Lipinski definition) is 1. The largest absolute Gasteiger partial charge is 0.458 e. The molecule has 1 aliphatic carbocycles. The molecule has 1 fully saturated rings. The predicted octanol–water partition coefficient (Wildman–Crippen LogP) is 1.22. The minimum atomic E-state index is -0.438. The monoisotopic (exact) mass is 215 g/mol. The van der Waals surface area contributed by atoms with Crippen LogP contribution in [-0.2, 0) is 14.3 Å². The molecule has 0 aromatic heterocycles. The van der Waals surface area contributed by atoms with E-state index in [1.807, 2.05) is 20.8 Å². The zero-order valence-electron chi connectivity index (χ0n) is 9.79. The minimum absolute atomic E-state index is 0.0364. The molecule has 0 spiro atoms. The summed E-state index contributed by atoms with van der Waals surface area (Å²) in [6, 6.07) is 0.230. The fraction of sp³-hybridized carbons (Fsp3) is 0.909. The topological polar surface area (TPSA) is 61.5 Å². The van der Waals surface area contributed by atoms with E-state index in [-0.39, 0.29) is 24.7 Å². The second kappa shape index (κ2) is 4.94. The van der Waals surface area contributed by atoms with E-state index in [0.717, 1.165) is 19.3 Å². The van der Waals surface area contributed by atoms with E-state index in [4.69, 9.17) is 15.2 Å². The van der Waals surface area contributed by atoms with Crippen LogP contribution in [-0.4, -0.2) is 30.3 Å². The summed E-state index contributed by atoms with van der Waals surface area (Å²) < 4.78 is 10.6. The lowest BCUT2D eigenvalue weighted by Gasteiger charge is -2.20. The number of carbonyl (C=O) groups excluding carboxylic acids is 1. The van der Waals surface area contributed by atoms with Crippen molar-refractivity contribution in [2.75, 3.05) is 6.61 Å². The Morgan fingerprint density at radius 1 is 1.40 bits per heavy atom. The van der Waals surface area contributed by atoms with Crippen LogP contribution >= 0.6 is 0 Å². The van der Waals surface area contributed by atoms with E-state index >= 15 is 0 Å². The molecule has 0 aromatic rings. The highest BCUT2D eigenvalue weighted by atomic mass is 16.6. The van der Waals surface area contributed by atoms with Gasteiger partial charge in [0.1, 0.15) is 12.2 Å². The van der Waals surface area contributed by atoms with Gasteiger partial charge in [-0.3, -0.25) is 0 Å². The Kier molecular flexibility index (Phi) is 4.11. The van der Waals surface area contributed by atoms with Crippen molar-refractivity contribution in [2.45, 2.75) is 57.8 Å². The standard InChI is InChI=1S/C11H21NO3/c1-11(2,3)15-10(13)7-14-9-5-4-8(12)6-9/h8-9H,4-7,12H2,1-3H3. The molecule has 0 amide bonds. The first kappa shape index (κ1) is 12.5. The van der Waals surface area contributed by atoms with Crippen LogP contribution in [0.2, 0.25) is 0 Å². The Morgan fingerprint density at radius 3 is 2.53 bits per heavy atom. The molecule has 0 heterocycles. The Labute approximate surface area is 91.1 Å². The number of rotatable bonds is 3. The second-order valence-corrected chi connectivity index (χ2v) is 5.09. The first-order chi connectivity index (χ1) is 6.87. The number of ether oxygens (including phenoxy) is 2. The lowest BCUT2D eigenvalue weighted by atomic mass is 10.2. The molecule has 1 rings (SSSR count). The van der Waals surface area contributed by atoms with Gasteiger partial charge >= 0.3 is 5.97 Å². The molecule has 0 aliphatic heterocycles. The third-order valence-corrected chi connectivity index (χ3v) is 2.28. The van der Waals surface area contributed by atoms with Crippen LogP contribution < -0.4 is 5.73 Å². The van der Waals surface area contributed by atoms with Gasteiger partial charge in [-0.15, -0.1) is 0 Å². The molecule has 0 saturated heterocycles. The molecule has 2 N–H and O–H groups in total. The van der Waals surface area contributed by atoms with Gasteiger partial charge in [0.15, 0.2) is 0 Å². The molecular formula is C11H21NO3. The molecular weight excluding hydrogens is 194 g/mol. The highest BCUT2D eigenvalue weighted by Crippen LogP contribution is 2.20. The van der Waals surface area contributed by atoms with Crippen molar-refractivity contribution in [3.05, 3.63) is 0 Å². The van der Waals surface area contributed by atoms with Gasteiger partial charge in [-0.2, -0.15) is 0 Å². The van der Waals surface area contributed by atoms with Crippen molar-refractivity contribution >= 4 is 5.97 Å². The van der Waals surface area contributed by atoms with Crippen molar-refractivity contribution in [3.63, 3.8) is 0 Å². The molecule has 0 radical (unpaired) electrons. The van der Waals surface area contributed by atoms with Crippen molar-refractivity contribution in [2.24, 2.45) is 5.73 Å². The molecule has 0 aromatic carbocycles. The van der Waals surface area contributed by atoms with Crippen LogP contribution in [0.5, 0.6) is 0 Å². The van der Waals surface area contributed by atoms with Gasteiger partial charge in [-0.1, -0.05) is 0 Å². The first-order valence-corrected chi connectivity index (χ1v) is 5.46. The Hall–Kier alpha value is -0.610. The van der Waals surface area contributed by atoms with E-state index in [9.17, 15) is 4.79 Å². The first-order valence-electron chi connectivity index (χ1n) is 5.46. The molecule has 15 heavy (non-hydrogen) atoms. The van der Waals surface area contributed by atoms with E-state index < -0.39 is 5.60 Å². The van der Waals surface area contributed by atoms with Crippen molar-refractivity contribution in [1.82, 2.24) is 0 Å². The second-order valence-electron chi connectivity index (χ2n) is 5.09. The van der Waals surface area contributed by atoms with Crippen molar-refractivity contribution in [3.8, 4) is 0 Å². The fourth-order valence-corrected chi connectivity index (χ4v) is 1.68. The lowest BCUT2D eigenvalue weighted by molar-refractivity contribution is -0.162. The van der Waals surface area contributed by atoms with E-state index in [1.54, 1.807) is 0 Å². The Bertz CT molecular complexity index is 222. The smallest absolute Gasteiger partial charge is 0.332 e. The average Bonchev–Trinajstić information content (AvgIpc) is 2.45. The van der Waals surface area contributed by atoms with Crippen LogP contribution in [0.25, 0.3) is 0 Å². The summed E-state index contributed by atoms with van der Waals surface area (Å²) in [5.41, 5.74) is 5.30. The molecule has 4 heteroatoms. The van der Waals surface area contributed by atoms with Gasteiger partial charge in [0.05, 0.1) is 6.10 Å². The van der Waals surface area contributed by atoms with Crippen LogP contribution in [0.1, 0.15) is 40.0 Å². The molecule has 0 bridgehead atoms. The average molecular weight is 215 g/mol. The quantitative estimate of drug-likeness (QED) is 0.719. The number of carbonyl (C=O) groups is 1. The van der Waals surface area contributed by atoms with Gasteiger partial charge in [0.25, 0.3) is 0 Å². The maximum absolute atomic E-state index is 11.3. The summed E-state index contributed by atoms with van der Waals surface area (Å²) in [5.74, 6) is -0.303. The fourth-order valence-electron chi connectivity index (χ4n) is 1.68. The van der Waals surface area contributed by atoms with Crippen molar-refractivity contribution < 1.29 is 14.3 Å². The number of nitrogens with two attached hydrogens (primary N) is 1. The zero-order valence-corrected chi connectivity index (χ0v) is 9.79. The predicted molar refractivity (Wildman–Crippen MR) is 57.4 cm³/mol. The highest BCUT2D eigenvalue weighted by Gasteiger charge is 2.24. The van der Waals surface area contributed by atoms with Crippen LogP contribution in [0.15, 0.2) is 0 Å². The Morgan fingerprint density at radius 2 is 2.07 bits per heavy atom. The summed E-state index contributed by atoms with van der Waals surface area (Å²) >= 11 is 0. The third kappa shape index (κ3) is 5.14. The summed E-state index contributed by atoms with van der Waals surface area (Å²) in [6.07, 6.45) is 2.92. The van der Waals surface area contributed by atoms with Gasteiger partial charge < -0.3 is 15.2 Å². The summed E-state index contributed by atoms with van der Waals surface area (Å²) in [4.78, 5) is 11.3. The van der Waals surface area contributed by atoms with Crippen molar-refractivity contribution in [1.29, 1.82) is 0 Å². The van der Waals surface area contributed by atoms with Gasteiger partial charge in [-0.25, -0.2) is 4.79 Å². The molecule has 4 nitrogen and oxygen atoms in total. The highest BCUT2D eigenvalue weighted by molar-refractivity contribution is 5.71. The van der Waals surface area contributed by atoms with Gasteiger partial charge in [0.2, 0.25) is 0 Å². The SMILES string of the molecule is CC(C)(C)OC(=O)COC1CCC(N)C1. The van der Waals surface area contributed by atoms with E-state index in [0.29, 0.717) is 0 Å². The summed E-state index contributed by atoms with van der Waals surface area (Å²) in [7, 11) is 0. The van der Waals surface area contributed by atoms with E-state index in [2.05, 4.69) is 0 Å². The molecule has 2 atom stereocenters. The van der Waals surface area contributed by atoms with Gasteiger partial charge in [-0.05, 0) is 40.0 Å².